The molecule has 0 bridgehead atoms. The lowest BCUT2D eigenvalue weighted by molar-refractivity contribution is 0.0632. The Bertz CT molecular complexity index is 375. The van der Waals surface area contributed by atoms with Crippen molar-refractivity contribution in [1.29, 1.82) is 0 Å². The maximum atomic E-state index is 10.6. The highest BCUT2D eigenvalue weighted by Crippen LogP contribution is 2.23. The van der Waals surface area contributed by atoms with Crippen molar-refractivity contribution in [2.75, 3.05) is 18.9 Å². The summed E-state index contributed by atoms with van der Waals surface area (Å²) in [5.74, 6) is -0.850. The van der Waals surface area contributed by atoms with Crippen molar-refractivity contribution in [2.45, 2.75) is 6.10 Å². The van der Waals surface area contributed by atoms with Crippen molar-refractivity contribution in [1.82, 2.24) is 0 Å². The lowest BCUT2D eigenvalue weighted by atomic mass is 10.2. The van der Waals surface area contributed by atoms with Crippen molar-refractivity contribution in [2.24, 2.45) is 0 Å². The Hall–Kier alpha value is -1.79. The van der Waals surface area contributed by atoms with E-state index in [-0.39, 0.29) is 30.2 Å². The standard InChI is InChI=1S/C10H13NO5/c11-8-3-6(10(14)15)1-2-9(8)16-7(4-12)5-13/h1-3,7,12-13H,4-5,11H2,(H,14,15). The summed E-state index contributed by atoms with van der Waals surface area (Å²) in [6.07, 6.45) is -0.766. The van der Waals surface area contributed by atoms with Crippen molar-refractivity contribution < 1.29 is 24.9 Å². The van der Waals surface area contributed by atoms with Crippen LogP contribution >= 0.6 is 0 Å². The summed E-state index contributed by atoms with van der Waals surface area (Å²) in [5, 5.41) is 26.3. The van der Waals surface area contributed by atoms with Gasteiger partial charge in [0.1, 0.15) is 11.9 Å². The third kappa shape index (κ3) is 2.85. The molecule has 0 aromatic heterocycles. The zero-order chi connectivity index (χ0) is 12.1. The monoisotopic (exact) mass is 227 g/mol. The predicted molar refractivity (Wildman–Crippen MR) is 56.4 cm³/mol. The number of ether oxygens (including phenoxy) is 1. The molecule has 5 N–H and O–H groups in total. The molecule has 16 heavy (non-hydrogen) atoms. The molecule has 0 aliphatic rings. The van der Waals surface area contributed by atoms with E-state index in [0.29, 0.717) is 0 Å². The number of carboxylic acids is 1. The quantitative estimate of drug-likeness (QED) is 0.513. The van der Waals surface area contributed by atoms with Crippen molar-refractivity contribution in [3.05, 3.63) is 23.8 Å². The van der Waals surface area contributed by atoms with Crippen molar-refractivity contribution in [3.63, 3.8) is 0 Å². The van der Waals surface area contributed by atoms with Gasteiger partial charge in [-0.2, -0.15) is 0 Å². The number of aliphatic hydroxyl groups excluding tert-OH is 2. The number of nitrogen functional groups attached to an aromatic ring is 1. The minimum Gasteiger partial charge on any atom is -0.483 e. The van der Waals surface area contributed by atoms with Gasteiger partial charge in [-0.05, 0) is 18.2 Å². The highest BCUT2D eigenvalue weighted by atomic mass is 16.5. The second-order valence-electron chi connectivity index (χ2n) is 3.16. The fraction of sp³-hybridized carbons (Fsp3) is 0.300. The molecule has 0 atom stereocenters. The van der Waals surface area contributed by atoms with E-state index >= 15 is 0 Å². The van der Waals surface area contributed by atoms with Crippen LogP contribution in [0.25, 0.3) is 0 Å². The number of carboxylic acid groups (broad SMARTS) is 1. The number of anilines is 1. The molecule has 6 nitrogen and oxygen atoms in total. The number of benzene rings is 1. The number of aromatic carboxylic acids is 1. The second-order valence-corrected chi connectivity index (χ2v) is 3.16. The van der Waals surface area contributed by atoms with E-state index in [1.807, 2.05) is 0 Å². The van der Waals surface area contributed by atoms with Crippen LogP contribution in [-0.4, -0.2) is 40.6 Å². The van der Waals surface area contributed by atoms with Crippen LogP contribution in [0.1, 0.15) is 10.4 Å². The van der Waals surface area contributed by atoms with Gasteiger partial charge < -0.3 is 25.8 Å². The van der Waals surface area contributed by atoms with Gasteiger partial charge in [0.25, 0.3) is 0 Å². The molecule has 6 heteroatoms. The Labute approximate surface area is 91.9 Å². The smallest absolute Gasteiger partial charge is 0.335 e. The first-order valence-electron chi connectivity index (χ1n) is 4.59. The molecule has 0 spiro atoms. The van der Waals surface area contributed by atoms with Gasteiger partial charge in [0, 0.05) is 0 Å². The van der Waals surface area contributed by atoms with Crippen LogP contribution < -0.4 is 10.5 Å². The molecule has 0 unspecified atom stereocenters. The lowest BCUT2D eigenvalue weighted by Gasteiger charge is -2.15. The fourth-order valence-corrected chi connectivity index (χ4v) is 1.10. The van der Waals surface area contributed by atoms with Crippen LogP contribution in [0.4, 0.5) is 5.69 Å². The number of carbonyl (C=O) groups is 1. The molecule has 0 radical (unpaired) electrons. The maximum absolute atomic E-state index is 10.6. The Morgan fingerprint density at radius 3 is 2.44 bits per heavy atom. The van der Waals surface area contributed by atoms with Crippen molar-refractivity contribution in [3.8, 4) is 5.75 Å². The summed E-state index contributed by atoms with van der Waals surface area (Å²) < 4.78 is 5.16. The van der Waals surface area contributed by atoms with Gasteiger partial charge >= 0.3 is 5.97 Å². The molecule has 1 aromatic rings. The highest BCUT2D eigenvalue weighted by Gasteiger charge is 2.11. The number of aliphatic hydroxyl groups is 2. The molecule has 0 saturated heterocycles. The van der Waals surface area contributed by atoms with Crippen LogP contribution in [0.5, 0.6) is 5.75 Å². The van der Waals surface area contributed by atoms with Crippen molar-refractivity contribution >= 4 is 11.7 Å². The van der Waals surface area contributed by atoms with E-state index in [9.17, 15) is 4.79 Å². The lowest BCUT2D eigenvalue weighted by Crippen LogP contribution is -2.25. The van der Waals surface area contributed by atoms with E-state index in [1.165, 1.54) is 18.2 Å². The molecule has 0 saturated carbocycles. The normalized spacial score (nSPS) is 10.4. The number of nitrogens with two attached hydrogens (primary N) is 1. The minimum absolute atomic E-state index is 0.0504. The third-order valence-electron chi connectivity index (χ3n) is 1.96. The van der Waals surface area contributed by atoms with E-state index in [0.717, 1.165) is 0 Å². The Morgan fingerprint density at radius 1 is 1.38 bits per heavy atom. The predicted octanol–water partition coefficient (Wildman–Crippen LogP) is -0.301. The first kappa shape index (κ1) is 12.3. The van der Waals surface area contributed by atoms with E-state index in [4.69, 9.17) is 25.8 Å². The zero-order valence-electron chi connectivity index (χ0n) is 8.46. The van der Waals surface area contributed by atoms with E-state index in [2.05, 4.69) is 0 Å². The van der Waals surface area contributed by atoms with Crippen LogP contribution in [0.2, 0.25) is 0 Å². The molecule has 0 aliphatic heterocycles. The van der Waals surface area contributed by atoms with E-state index < -0.39 is 12.1 Å². The first-order chi connectivity index (χ1) is 7.58. The number of rotatable bonds is 5. The van der Waals surface area contributed by atoms with Gasteiger partial charge in [0.05, 0.1) is 24.5 Å². The summed E-state index contributed by atoms with van der Waals surface area (Å²) in [4.78, 5) is 10.6. The largest absolute Gasteiger partial charge is 0.483 e. The second kappa shape index (κ2) is 5.34. The molecule has 88 valence electrons. The van der Waals surface area contributed by atoms with Gasteiger partial charge in [-0.15, -0.1) is 0 Å². The topological polar surface area (TPSA) is 113 Å². The Balaban J connectivity index is 2.86. The molecule has 0 fully saturated rings. The van der Waals surface area contributed by atoms with Gasteiger partial charge in [-0.3, -0.25) is 0 Å². The summed E-state index contributed by atoms with van der Waals surface area (Å²) in [6.45, 7) is -0.701. The zero-order valence-corrected chi connectivity index (χ0v) is 8.46. The van der Waals surface area contributed by atoms with Gasteiger partial charge in [-0.25, -0.2) is 4.79 Å². The molecule has 1 aromatic carbocycles. The van der Waals surface area contributed by atoms with E-state index in [1.54, 1.807) is 0 Å². The molecular weight excluding hydrogens is 214 g/mol. The third-order valence-corrected chi connectivity index (χ3v) is 1.96. The number of hydrogen-bond acceptors (Lipinski definition) is 5. The Kier molecular flexibility index (Phi) is 4.10. The fourth-order valence-electron chi connectivity index (χ4n) is 1.10. The first-order valence-corrected chi connectivity index (χ1v) is 4.59. The van der Waals surface area contributed by atoms with Crippen LogP contribution in [-0.2, 0) is 0 Å². The summed E-state index contributed by atoms with van der Waals surface area (Å²) in [6, 6.07) is 3.97. The van der Waals surface area contributed by atoms with Crippen LogP contribution in [0.15, 0.2) is 18.2 Å². The molecule has 1 rings (SSSR count). The number of hydrogen-bond donors (Lipinski definition) is 4. The molecule has 0 aliphatic carbocycles. The summed E-state index contributed by atoms with van der Waals surface area (Å²) in [5.41, 5.74) is 5.76. The Morgan fingerprint density at radius 2 is 2.00 bits per heavy atom. The summed E-state index contributed by atoms with van der Waals surface area (Å²) >= 11 is 0. The SMILES string of the molecule is Nc1cc(C(=O)O)ccc1OC(CO)CO. The molecular formula is C10H13NO5. The average Bonchev–Trinajstić information content (AvgIpc) is 2.27. The van der Waals surface area contributed by atoms with Crippen LogP contribution in [0.3, 0.4) is 0 Å². The average molecular weight is 227 g/mol. The van der Waals surface area contributed by atoms with Crippen LogP contribution in [0, 0.1) is 0 Å². The van der Waals surface area contributed by atoms with Gasteiger partial charge in [0.2, 0.25) is 0 Å². The maximum Gasteiger partial charge on any atom is 0.335 e. The molecule has 0 heterocycles. The summed E-state index contributed by atoms with van der Waals surface area (Å²) in [7, 11) is 0. The minimum atomic E-state index is -1.08. The molecule has 0 amide bonds. The highest BCUT2D eigenvalue weighted by molar-refractivity contribution is 5.89. The van der Waals surface area contributed by atoms with Gasteiger partial charge in [0.15, 0.2) is 0 Å². The van der Waals surface area contributed by atoms with Gasteiger partial charge in [-0.1, -0.05) is 0 Å².